The fourth-order valence-electron chi connectivity index (χ4n) is 3.84. The number of amides is 1. The van der Waals surface area contributed by atoms with E-state index in [2.05, 4.69) is 5.32 Å². The molecule has 1 heterocycles. The van der Waals surface area contributed by atoms with Gasteiger partial charge in [-0.05, 0) is 60.9 Å². The van der Waals surface area contributed by atoms with Crippen LogP contribution in [-0.2, 0) is 16.6 Å². The predicted molar refractivity (Wildman–Crippen MR) is 131 cm³/mol. The number of methoxy groups -OCH3 is 1. The number of hydrogen-bond acceptors (Lipinski definition) is 5. The first-order valence-electron chi connectivity index (χ1n) is 11.2. The number of anilines is 1. The average molecular weight is 481 g/mol. The number of nitrogens with one attached hydrogen (secondary N) is 1. The van der Waals surface area contributed by atoms with Crippen LogP contribution >= 0.6 is 0 Å². The summed E-state index contributed by atoms with van der Waals surface area (Å²) in [7, 11) is -2.33. The molecule has 7 nitrogen and oxygen atoms in total. The molecule has 0 atom stereocenters. The molecule has 3 aromatic carbocycles. The smallest absolute Gasteiger partial charge is 0.255 e. The summed E-state index contributed by atoms with van der Waals surface area (Å²) in [5, 5.41) is 2.81. The lowest BCUT2D eigenvalue weighted by atomic mass is 10.2. The van der Waals surface area contributed by atoms with Gasteiger partial charge in [0.1, 0.15) is 23.0 Å². The van der Waals surface area contributed by atoms with Crippen LogP contribution in [0.2, 0.25) is 0 Å². The Morgan fingerprint density at radius 3 is 2.32 bits per heavy atom. The van der Waals surface area contributed by atoms with Gasteiger partial charge in [0.25, 0.3) is 5.91 Å². The number of benzene rings is 3. The number of hydrogen-bond donors (Lipinski definition) is 1. The third-order valence-corrected chi connectivity index (χ3v) is 7.64. The summed E-state index contributed by atoms with van der Waals surface area (Å²) in [6, 6.07) is 21.3. The standard InChI is InChI=1S/C26H28N2O5S/c1-32-24-15-10-21(18-25(24)34(30,31)28-16-6-3-7-17-28)26(29)27-22-11-13-23(14-12-22)33-19-20-8-4-2-5-9-20/h2,4-5,8-15,18H,3,6-7,16-17,19H2,1H3,(H,27,29). The molecule has 8 heteroatoms. The Hall–Kier alpha value is -3.36. The first-order valence-corrected chi connectivity index (χ1v) is 12.7. The molecule has 0 aromatic heterocycles. The van der Waals surface area contributed by atoms with E-state index in [0.29, 0.717) is 31.1 Å². The lowest BCUT2D eigenvalue weighted by Crippen LogP contribution is -2.35. The molecular weight excluding hydrogens is 452 g/mol. The SMILES string of the molecule is COc1ccc(C(=O)Nc2ccc(OCc3ccccc3)cc2)cc1S(=O)(=O)N1CCCCC1. The van der Waals surface area contributed by atoms with Gasteiger partial charge in [-0.3, -0.25) is 4.79 Å². The molecule has 1 saturated heterocycles. The summed E-state index contributed by atoms with van der Waals surface area (Å²) in [5.74, 6) is 0.499. The normalized spacial score (nSPS) is 14.4. The van der Waals surface area contributed by atoms with Crippen molar-refractivity contribution in [2.75, 3.05) is 25.5 Å². The van der Waals surface area contributed by atoms with Crippen LogP contribution < -0.4 is 14.8 Å². The van der Waals surface area contributed by atoms with Gasteiger partial charge in [-0.15, -0.1) is 0 Å². The van der Waals surface area contributed by atoms with Crippen molar-refractivity contribution in [2.24, 2.45) is 0 Å². The summed E-state index contributed by atoms with van der Waals surface area (Å²) in [5.41, 5.74) is 1.88. The van der Waals surface area contributed by atoms with Gasteiger partial charge in [-0.25, -0.2) is 8.42 Å². The maximum Gasteiger partial charge on any atom is 0.255 e. The van der Waals surface area contributed by atoms with Crippen molar-refractivity contribution in [2.45, 2.75) is 30.8 Å². The van der Waals surface area contributed by atoms with Crippen LogP contribution in [0.4, 0.5) is 5.69 Å². The molecule has 1 fully saturated rings. The summed E-state index contributed by atoms with van der Waals surface area (Å²) >= 11 is 0. The quantitative estimate of drug-likeness (QED) is 0.505. The second-order valence-electron chi connectivity index (χ2n) is 8.08. The molecule has 0 bridgehead atoms. The third kappa shape index (κ3) is 5.58. The van der Waals surface area contributed by atoms with Gasteiger partial charge in [-0.2, -0.15) is 4.31 Å². The number of carbonyl (C=O) groups excluding carboxylic acids is 1. The van der Waals surface area contributed by atoms with Crippen molar-refractivity contribution in [3.8, 4) is 11.5 Å². The van der Waals surface area contributed by atoms with E-state index >= 15 is 0 Å². The third-order valence-electron chi connectivity index (χ3n) is 5.72. The highest BCUT2D eigenvalue weighted by Gasteiger charge is 2.29. The van der Waals surface area contributed by atoms with Crippen LogP contribution in [-0.4, -0.2) is 38.8 Å². The van der Waals surface area contributed by atoms with Crippen molar-refractivity contribution in [3.63, 3.8) is 0 Å². The van der Waals surface area contributed by atoms with E-state index in [0.717, 1.165) is 24.8 Å². The van der Waals surface area contributed by atoms with Crippen molar-refractivity contribution in [1.82, 2.24) is 4.31 Å². The molecule has 1 amide bonds. The molecular formula is C26H28N2O5S. The zero-order chi connectivity index (χ0) is 24.0. The van der Waals surface area contributed by atoms with E-state index in [-0.39, 0.29) is 16.2 Å². The summed E-state index contributed by atoms with van der Waals surface area (Å²) in [4.78, 5) is 12.9. The highest BCUT2D eigenvalue weighted by molar-refractivity contribution is 7.89. The molecule has 0 spiro atoms. The molecule has 1 N–H and O–H groups in total. The Morgan fingerprint density at radius 2 is 1.65 bits per heavy atom. The monoisotopic (exact) mass is 480 g/mol. The topological polar surface area (TPSA) is 84.9 Å². The molecule has 3 aromatic rings. The Balaban J connectivity index is 1.46. The number of nitrogens with zero attached hydrogens (tertiary/aromatic N) is 1. The second kappa shape index (κ2) is 10.7. The van der Waals surface area contributed by atoms with Crippen molar-refractivity contribution < 1.29 is 22.7 Å². The van der Waals surface area contributed by atoms with Crippen LogP contribution in [0.25, 0.3) is 0 Å². The van der Waals surface area contributed by atoms with Gasteiger partial charge in [0.15, 0.2) is 0 Å². The fraction of sp³-hybridized carbons (Fsp3) is 0.269. The Kier molecular flexibility index (Phi) is 7.49. The van der Waals surface area contributed by atoms with Crippen molar-refractivity contribution in [3.05, 3.63) is 83.9 Å². The average Bonchev–Trinajstić information content (AvgIpc) is 2.89. The minimum Gasteiger partial charge on any atom is -0.495 e. The first-order chi connectivity index (χ1) is 16.5. The lowest BCUT2D eigenvalue weighted by molar-refractivity contribution is 0.102. The molecule has 178 valence electrons. The van der Waals surface area contributed by atoms with Gasteiger partial charge in [0.2, 0.25) is 10.0 Å². The van der Waals surface area contributed by atoms with Gasteiger partial charge in [-0.1, -0.05) is 36.8 Å². The highest BCUT2D eigenvalue weighted by Crippen LogP contribution is 2.30. The molecule has 0 saturated carbocycles. The molecule has 1 aliphatic rings. The Labute approximate surface area is 200 Å². The maximum atomic E-state index is 13.2. The number of rotatable bonds is 8. The number of ether oxygens (including phenoxy) is 2. The van der Waals surface area contributed by atoms with E-state index in [1.807, 2.05) is 30.3 Å². The van der Waals surface area contributed by atoms with Gasteiger partial charge >= 0.3 is 0 Å². The van der Waals surface area contributed by atoms with Crippen LogP contribution in [0, 0.1) is 0 Å². The molecule has 1 aliphatic heterocycles. The highest BCUT2D eigenvalue weighted by atomic mass is 32.2. The van der Waals surface area contributed by atoms with Gasteiger partial charge in [0.05, 0.1) is 7.11 Å². The molecule has 0 unspecified atom stereocenters. The predicted octanol–water partition coefficient (Wildman–Crippen LogP) is 4.70. The summed E-state index contributed by atoms with van der Waals surface area (Å²) in [6.07, 6.45) is 2.67. The van der Waals surface area contributed by atoms with Crippen LogP contribution in [0.1, 0.15) is 35.2 Å². The van der Waals surface area contributed by atoms with E-state index < -0.39 is 15.9 Å². The molecule has 4 rings (SSSR count). The lowest BCUT2D eigenvalue weighted by Gasteiger charge is -2.26. The van der Waals surface area contributed by atoms with Crippen molar-refractivity contribution >= 4 is 21.6 Å². The molecule has 34 heavy (non-hydrogen) atoms. The molecule has 0 radical (unpaired) electrons. The van der Waals surface area contributed by atoms with E-state index in [1.165, 1.54) is 23.5 Å². The Bertz CT molecular complexity index is 1220. The second-order valence-corrected chi connectivity index (χ2v) is 9.99. The number of carbonyl (C=O) groups is 1. The van der Waals surface area contributed by atoms with Crippen LogP contribution in [0.15, 0.2) is 77.7 Å². The maximum absolute atomic E-state index is 13.2. The van der Waals surface area contributed by atoms with E-state index in [9.17, 15) is 13.2 Å². The van der Waals surface area contributed by atoms with Crippen molar-refractivity contribution in [1.29, 1.82) is 0 Å². The summed E-state index contributed by atoms with van der Waals surface area (Å²) < 4.78 is 38.9. The van der Waals surface area contributed by atoms with E-state index in [4.69, 9.17) is 9.47 Å². The first kappa shape index (κ1) is 23.8. The fourth-order valence-corrected chi connectivity index (χ4v) is 5.54. The minimum absolute atomic E-state index is 0.00853. The number of sulfonamides is 1. The van der Waals surface area contributed by atoms with Crippen LogP contribution in [0.3, 0.4) is 0 Å². The van der Waals surface area contributed by atoms with E-state index in [1.54, 1.807) is 30.3 Å². The van der Waals surface area contributed by atoms with Crippen LogP contribution in [0.5, 0.6) is 11.5 Å². The zero-order valence-electron chi connectivity index (χ0n) is 19.1. The Morgan fingerprint density at radius 1 is 0.941 bits per heavy atom. The zero-order valence-corrected chi connectivity index (χ0v) is 19.9. The largest absolute Gasteiger partial charge is 0.495 e. The van der Waals surface area contributed by atoms with Gasteiger partial charge < -0.3 is 14.8 Å². The molecule has 0 aliphatic carbocycles. The summed E-state index contributed by atoms with van der Waals surface area (Å²) in [6.45, 7) is 1.40. The minimum atomic E-state index is -3.76. The van der Waals surface area contributed by atoms with Gasteiger partial charge in [0, 0.05) is 24.3 Å². The number of piperidine rings is 1.